The minimum atomic E-state index is 0.180. The molecule has 0 aromatic heterocycles. The molecule has 5 N–H and O–H groups in total. The molecule has 1 aliphatic heterocycles. The highest BCUT2D eigenvalue weighted by atomic mass is 16.2. The summed E-state index contributed by atoms with van der Waals surface area (Å²) in [4.78, 5) is 13.8. The molecular formula is C16H26N4O. The van der Waals surface area contributed by atoms with Gasteiger partial charge in [0.25, 0.3) is 0 Å². The summed E-state index contributed by atoms with van der Waals surface area (Å²) in [6.07, 6.45) is 4.71. The van der Waals surface area contributed by atoms with Crippen LogP contribution in [0.3, 0.4) is 0 Å². The predicted octanol–water partition coefficient (Wildman–Crippen LogP) is 2.33. The number of carbonyl (C=O) groups excluding carboxylic acids is 1. The second kappa shape index (κ2) is 7.31. The standard InChI is InChI=1S/C16H26N4O/c1-12(6-2-3-10-17)19-16-13(18)7-4-8-14(16)20-11-5-9-15(20)21/h4,7-8,12,19H,2-3,5-6,9-11,17-18H2,1H3/t12-/m0/s1. The second-order valence-electron chi connectivity index (χ2n) is 5.72. The van der Waals surface area contributed by atoms with Crippen molar-refractivity contribution in [2.45, 2.75) is 45.1 Å². The molecule has 1 atom stereocenters. The molecule has 0 spiro atoms. The van der Waals surface area contributed by atoms with Crippen molar-refractivity contribution in [3.8, 4) is 0 Å². The average molecular weight is 290 g/mol. The van der Waals surface area contributed by atoms with Crippen molar-refractivity contribution < 1.29 is 4.79 Å². The molecule has 21 heavy (non-hydrogen) atoms. The Balaban J connectivity index is 2.12. The number of carbonyl (C=O) groups is 1. The summed E-state index contributed by atoms with van der Waals surface area (Å²) in [7, 11) is 0. The van der Waals surface area contributed by atoms with Crippen LogP contribution in [0, 0.1) is 0 Å². The molecule has 2 rings (SSSR count). The van der Waals surface area contributed by atoms with Crippen molar-refractivity contribution in [1.82, 2.24) is 0 Å². The number of rotatable bonds is 7. The monoisotopic (exact) mass is 290 g/mol. The Morgan fingerprint density at radius 1 is 1.38 bits per heavy atom. The number of para-hydroxylation sites is 1. The number of nitrogens with one attached hydrogen (secondary N) is 1. The normalized spacial score (nSPS) is 16.3. The molecular weight excluding hydrogens is 264 g/mol. The lowest BCUT2D eigenvalue weighted by Crippen LogP contribution is -2.26. The number of hydrogen-bond donors (Lipinski definition) is 3. The van der Waals surface area contributed by atoms with Gasteiger partial charge in [-0.3, -0.25) is 4.79 Å². The Morgan fingerprint density at radius 2 is 2.19 bits per heavy atom. The Bertz CT molecular complexity index is 489. The van der Waals surface area contributed by atoms with E-state index >= 15 is 0 Å². The van der Waals surface area contributed by atoms with Crippen molar-refractivity contribution >= 4 is 23.0 Å². The zero-order valence-electron chi connectivity index (χ0n) is 12.8. The van der Waals surface area contributed by atoms with Crippen molar-refractivity contribution in [3.05, 3.63) is 18.2 Å². The van der Waals surface area contributed by atoms with Gasteiger partial charge in [-0.1, -0.05) is 12.5 Å². The van der Waals surface area contributed by atoms with E-state index in [1.54, 1.807) is 0 Å². The van der Waals surface area contributed by atoms with Crippen LogP contribution < -0.4 is 21.7 Å². The van der Waals surface area contributed by atoms with Gasteiger partial charge in [0.2, 0.25) is 5.91 Å². The van der Waals surface area contributed by atoms with Gasteiger partial charge in [0.15, 0.2) is 0 Å². The van der Waals surface area contributed by atoms with Crippen LogP contribution in [0.5, 0.6) is 0 Å². The molecule has 1 aromatic carbocycles. The van der Waals surface area contributed by atoms with Gasteiger partial charge in [0, 0.05) is 19.0 Å². The third kappa shape index (κ3) is 3.88. The van der Waals surface area contributed by atoms with E-state index in [4.69, 9.17) is 11.5 Å². The number of hydrogen-bond acceptors (Lipinski definition) is 4. The third-order valence-electron chi connectivity index (χ3n) is 3.92. The number of anilines is 3. The highest BCUT2D eigenvalue weighted by Crippen LogP contribution is 2.34. The van der Waals surface area contributed by atoms with E-state index in [1.165, 1.54) is 0 Å². The lowest BCUT2D eigenvalue weighted by atomic mass is 10.1. The van der Waals surface area contributed by atoms with Crippen molar-refractivity contribution in [1.29, 1.82) is 0 Å². The van der Waals surface area contributed by atoms with Gasteiger partial charge in [-0.25, -0.2) is 0 Å². The topological polar surface area (TPSA) is 84.4 Å². The molecule has 0 unspecified atom stereocenters. The first-order valence-electron chi connectivity index (χ1n) is 7.79. The highest BCUT2D eigenvalue weighted by Gasteiger charge is 2.25. The molecule has 0 bridgehead atoms. The smallest absolute Gasteiger partial charge is 0.227 e. The van der Waals surface area contributed by atoms with Gasteiger partial charge >= 0.3 is 0 Å². The van der Waals surface area contributed by atoms with E-state index in [-0.39, 0.29) is 5.91 Å². The largest absolute Gasteiger partial charge is 0.397 e. The minimum absolute atomic E-state index is 0.180. The summed E-state index contributed by atoms with van der Waals surface area (Å²) >= 11 is 0. The van der Waals surface area contributed by atoms with Crippen LogP contribution in [0.15, 0.2) is 18.2 Å². The maximum Gasteiger partial charge on any atom is 0.227 e. The van der Waals surface area contributed by atoms with Gasteiger partial charge in [-0.2, -0.15) is 0 Å². The first-order chi connectivity index (χ1) is 10.1. The van der Waals surface area contributed by atoms with Crippen LogP contribution in [-0.2, 0) is 4.79 Å². The summed E-state index contributed by atoms with van der Waals surface area (Å²) < 4.78 is 0. The Labute approximate surface area is 126 Å². The fourth-order valence-corrected chi connectivity index (χ4v) is 2.76. The lowest BCUT2D eigenvalue weighted by Gasteiger charge is -2.24. The van der Waals surface area contributed by atoms with Crippen LogP contribution in [-0.4, -0.2) is 25.0 Å². The zero-order valence-corrected chi connectivity index (χ0v) is 12.8. The molecule has 0 aliphatic carbocycles. The maximum absolute atomic E-state index is 12.0. The summed E-state index contributed by atoms with van der Waals surface area (Å²) in [5.74, 6) is 0.180. The molecule has 0 radical (unpaired) electrons. The second-order valence-corrected chi connectivity index (χ2v) is 5.72. The summed E-state index contributed by atoms with van der Waals surface area (Å²) in [6, 6.07) is 6.05. The summed E-state index contributed by atoms with van der Waals surface area (Å²) in [5, 5.41) is 3.48. The Hall–Kier alpha value is -1.75. The summed E-state index contributed by atoms with van der Waals surface area (Å²) in [6.45, 7) is 3.64. The molecule has 1 saturated heterocycles. The first-order valence-corrected chi connectivity index (χ1v) is 7.79. The van der Waals surface area contributed by atoms with E-state index in [0.29, 0.717) is 18.2 Å². The van der Waals surface area contributed by atoms with Gasteiger partial charge < -0.3 is 21.7 Å². The lowest BCUT2D eigenvalue weighted by molar-refractivity contribution is -0.117. The van der Waals surface area contributed by atoms with Crippen LogP contribution in [0.2, 0.25) is 0 Å². The first kappa shape index (κ1) is 15.6. The molecule has 1 aliphatic rings. The molecule has 1 aromatic rings. The molecule has 116 valence electrons. The SMILES string of the molecule is C[C@@H](CCCCN)Nc1c(N)cccc1N1CCCC1=O. The highest BCUT2D eigenvalue weighted by molar-refractivity contribution is 6.00. The molecule has 1 amide bonds. The number of benzene rings is 1. The maximum atomic E-state index is 12.0. The Morgan fingerprint density at radius 3 is 2.86 bits per heavy atom. The minimum Gasteiger partial charge on any atom is -0.397 e. The van der Waals surface area contributed by atoms with Crippen LogP contribution >= 0.6 is 0 Å². The number of amides is 1. The molecule has 1 heterocycles. The number of nitrogens with two attached hydrogens (primary N) is 2. The van der Waals surface area contributed by atoms with E-state index in [1.807, 2.05) is 23.1 Å². The number of unbranched alkanes of at least 4 members (excludes halogenated alkanes) is 1. The van der Waals surface area contributed by atoms with E-state index in [2.05, 4.69) is 12.2 Å². The fourth-order valence-electron chi connectivity index (χ4n) is 2.76. The quantitative estimate of drug-likeness (QED) is 0.531. The van der Waals surface area contributed by atoms with Gasteiger partial charge in [-0.05, 0) is 44.9 Å². The fraction of sp³-hybridized carbons (Fsp3) is 0.562. The summed E-state index contributed by atoms with van der Waals surface area (Å²) in [5.41, 5.74) is 14.1. The van der Waals surface area contributed by atoms with Crippen molar-refractivity contribution in [2.75, 3.05) is 29.0 Å². The van der Waals surface area contributed by atoms with E-state index in [0.717, 1.165) is 50.1 Å². The molecule has 1 fully saturated rings. The predicted molar refractivity (Wildman–Crippen MR) is 88.4 cm³/mol. The van der Waals surface area contributed by atoms with Crippen LogP contribution in [0.25, 0.3) is 0 Å². The van der Waals surface area contributed by atoms with Crippen molar-refractivity contribution in [3.63, 3.8) is 0 Å². The third-order valence-corrected chi connectivity index (χ3v) is 3.92. The van der Waals surface area contributed by atoms with Gasteiger partial charge in [0.1, 0.15) is 0 Å². The molecule has 0 saturated carbocycles. The zero-order chi connectivity index (χ0) is 15.2. The van der Waals surface area contributed by atoms with Crippen LogP contribution in [0.4, 0.5) is 17.1 Å². The number of nitrogens with zero attached hydrogens (tertiary/aromatic N) is 1. The molecule has 5 nitrogen and oxygen atoms in total. The Kier molecular flexibility index (Phi) is 5.44. The van der Waals surface area contributed by atoms with Crippen LogP contribution in [0.1, 0.15) is 39.0 Å². The molecule has 5 heteroatoms. The number of nitrogen functional groups attached to an aromatic ring is 1. The van der Waals surface area contributed by atoms with Gasteiger partial charge in [-0.15, -0.1) is 0 Å². The van der Waals surface area contributed by atoms with Crippen molar-refractivity contribution in [2.24, 2.45) is 5.73 Å². The van der Waals surface area contributed by atoms with Gasteiger partial charge in [0.05, 0.1) is 17.1 Å². The van der Waals surface area contributed by atoms with E-state index in [9.17, 15) is 4.79 Å². The average Bonchev–Trinajstić information content (AvgIpc) is 2.87. The van der Waals surface area contributed by atoms with E-state index < -0.39 is 0 Å².